The van der Waals surface area contributed by atoms with Gasteiger partial charge in [0.2, 0.25) is 5.91 Å². The van der Waals surface area contributed by atoms with Gasteiger partial charge in [-0.3, -0.25) is 9.69 Å². The molecule has 2 N–H and O–H groups in total. The summed E-state index contributed by atoms with van der Waals surface area (Å²) in [6, 6.07) is 10.1. The second-order valence-electron chi connectivity index (χ2n) is 5.11. The number of para-hydroxylation sites is 1. The lowest BCUT2D eigenvalue weighted by Gasteiger charge is -2.32. The Morgan fingerprint density at radius 2 is 2.10 bits per heavy atom. The fourth-order valence-electron chi connectivity index (χ4n) is 2.62. The number of likely N-dealkylation sites (N-methyl/N-ethyl adjacent to an activating group) is 1. The number of carbonyl (C=O) groups excluding carboxylic acids is 1. The van der Waals surface area contributed by atoms with Gasteiger partial charge in [0.1, 0.15) is 0 Å². The molecule has 112 valence electrons. The minimum atomic E-state index is 0. The van der Waals surface area contributed by atoms with Gasteiger partial charge < -0.3 is 10.6 Å². The molecular formula is C15H24ClN3O. The highest BCUT2D eigenvalue weighted by molar-refractivity contribution is 5.94. The van der Waals surface area contributed by atoms with Crippen molar-refractivity contribution in [2.45, 2.75) is 25.8 Å². The summed E-state index contributed by atoms with van der Waals surface area (Å²) in [5.41, 5.74) is 6.92. The molecular weight excluding hydrogens is 274 g/mol. The van der Waals surface area contributed by atoms with Gasteiger partial charge in [-0.15, -0.1) is 12.4 Å². The van der Waals surface area contributed by atoms with E-state index in [9.17, 15) is 4.79 Å². The highest BCUT2D eigenvalue weighted by Gasteiger charge is 2.21. The molecule has 0 unspecified atom stereocenters. The molecule has 1 saturated heterocycles. The Balaban J connectivity index is 0.00000200. The number of nitrogens with two attached hydrogens (primary N) is 1. The minimum absolute atomic E-state index is 0. The quantitative estimate of drug-likeness (QED) is 0.923. The second kappa shape index (κ2) is 8.25. The van der Waals surface area contributed by atoms with Gasteiger partial charge in [0.25, 0.3) is 0 Å². The summed E-state index contributed by atoms with van der Waals surface area (Å²) in [7, 11) is 0. The van der Waals surface area contributed by atoms with E-state index < -0.39 is 0 Å². The molecule has 0 saturated carbocycles. The van der Waals surface area contributed by atoms with Crippen molar-refractivity contribution in [1.82, 2.24) is 4.90 Å². The van der Waals surface area contributed by atoms with Crippen LogP contribution >= 0.6 is 12.4 Å². The van der Waals surface area contributed by atoms with Crippen LogP contribution in [0.2, 0.25) is 0 Å². The molecule has 20 heavy (non-hydrogen) atoms. The number of amides is 1. The highest BCUT2D eigenvalue weighted by Crippen LogP contribution is 2.14. The zero-order valence-electron chi connectivity index (χ0n) is 12.0. The molecule has 0 spiro atoms. The van der Waals surface area contributed by atoms with Crippen LogP contribution in [-0.4, -0.2) is 43.0 Å². The molecule has 5 heteroatoms. The average Bonchev–Trinajstić information content (AvgIpc) is 2.41. The number of halogens is 1. The fraction of sp³-hybridized carbons (Fsp3) is 0.533. The third-order valence-electron chi connectivity index (χ3n) is 3.59. The maximum Gasteiger partial charge on any atom is 0.241 e. The number of hydrogen-bond donors (Lipinski definition) is 1. The Morgan fingerprint density at radius 1 is 1.40 bits per heavy atom. The number of carbonyl (C=O) groups is 1. The maximum absolute atomic E-state index is 12.4. The summed E-state index contributed by atoms with van der Waals surface area (Å²) in [5.74, 6) is 0.155. The zero-order valence-corrected chi connectivity index (χ0v) is 12.8. The van der Waals surface area contributed by atoms with Crippen molar-refractivity contribution in [1.29, 1.82) is 0 Å². The molecule has 0 aliphatic carbocycles. The number of hydrogen-bond acceptors (Lipinski definition) is 3. The monoisotopic (exact) mass is 297 g/mol. The lowest BCUT2D eigenvalue weighted by atomic mass is 10.1. The van der Waals surface area contributed by atoms with Crippen molar-refractivity contribution in [3.63, 3.8) is 0 Å². The van der Waals surface area contributed by atoms with Crippen LogP contribution < -0.4 is 10.6 Å². The number of nitrogens with zero attached hydrogens (tertiary/aromatic N) is 2. The average molecular weight is 298 g/mol. The zero-order chi connectivity index (χ0) is 13.7. The van der Waals surface area contributed by atoms with Crippen LogP contribution in [0.4, 0.5) is 5.69 Å². The van der Waals surface area contributed by atoms with Gasteiger partial charge in [-0.1, -0.05) is 18.2 Å². The first kappa shape index (κ1) is 17.0. The first-order chi connectivity index (χ1) is 9.20. The van der Waals surface area contributed by atoms with E-state index in [1.54, 1.807) is 0 Å². The Morgan fingerprint density at radius 3 is 2.70 bits per heavy atom. The Hall–Kier alpha value is -1.10. The first-order valence-electron chi connectivity index (χ1n) is 7.04. The van der Waals surface area contributed by atoms with Gasteiger partial charge in [0.15, 0.2) is 0 Å². The molecule has 1 amide bonds. The lowest BCUT2D eigenvalue weighted by Crippen LogP contribution is -2.48. The summed E-state index contributed by atoms with van der Waals surface area (Å²) >= 11 is 0. The molecule has 2 rings (SSSR count). The van der Waals surface area contributed by atoms with Crippen LogP contribution in [0.25, 0.3) is 0 Å². The van der Waals surface area contributed by atoms with E-state index in [1.807, 2.05) is 42.2 Å². The van der Waals surface area contributed by atoms with E-state index in [0.29, 0.717) is 13.1 Å². The third kappa shape index (κ3) is 4.47. The van der Waals surface area contributed by atoms with Crippen molar-refractivity contribution in [3.05, 3.63) is 30.3 Å². The molecule has 0 aromatic heterocycles. The van der Waals surface area contributed by atoms with Crippen LogP contribution in [0.15, 0.2) is 30.3 Å². The van der Waals surface area contributed by atoms with Gasteiger partial charge >= 0.3 is 0 Å². The largest absolute Gasteiger partial charge is 0.327 e. The molecule has 4 nitrogen and oxygen atoms in total. The van der Waals surface area contributed by atoms with Crippen LogP contribution in [0.1, 0.15) is 19.8 Å². The van der Waals surface area contributed by atoms with Gasteiger partial charge in [0.05, 0.1) is 6.54 Å². The summed E-state index contributed by atoms with van der Waals surface area (Å²) < 4.78 is 0. The highest BCUT2D eigenvalue weighted by atomic mass is 35.5. The molecule has 1 aliphatic heterocycles. The number of rotatable bonds is 4. The predicted molar refractivity (Wildman–Crippen MR) is 85.4 cm³/mol. The second-order valence-corrected chi connectivity index (χ2v) is 5.11. The fourth-order valence-corrected chi connectivity index (χ4v) is 2.62. The molecule has 0 bridgehead atoms. The van der Waals surface area contributed by atoms with Crippen molar-refractivity contribution >= 4 is 24.0 Å². The Bertz CT molecular complexity index is 413. The number of likely N-dealkylation sites (tertiary alicyclic amines) is 1. The molecule has 1 atom stereocenters. The van der Waals surface area contributed by atoms with Crippen molar-refractivity contribution in [2.75, 3.05) is 31.1 Å². The van der Waals surface area contributed by atoms with Crippen molar-refractivity contribution < 1.29 is 4.79 Å². The Kier molecular flexibility index (Phi) is 6.99. The van der Waals surface area contributed by atoms with E-state index >= 15 is 0 Å². The normalized spacial score (nSPS) is 19.2. The van der Waals surface area contributed by atoms with Crippen LogP contribution in [0, 0.1) is 0 Å². The molecule has 1 fully saturated rings. The maximum atomic E-state index is 12.4. The predicted octanol–water partition coefficient (Wildman–Crippen LogP) is 1.88. The van der Waals surface area contributed by atoms with Crippen LogP contribution in [0.3, 0.4) is 0 Å². The van der Waals surface area contributed by atoms with Gasteiger partial charge in [-0.2, -0.15) is 0 Å². The molecule has 1 aromatic carbocycles. The van der Waals surface area contributed by atoms with E-state index in [1.165, 1.54) is 0 Å². The van der Waals surface area contributed by atoms with Crippen LogP contribution in [-0.2, 0) is 4.79 Å². The van der Waals surface area contributed by atoms with Crippen molar-refractivity contribution in [3.8, 4) is 0 Å². The van der Waals surface area contributed by atoms with Crippen LogP contribution in [0.5, 0.6) is 0 Å². The van der Waals surface area contributed by atoms with Gasteiger partial charge in [-0.05, 0) is 38.4 Å². The van der Waals surface area contributed by atoms with Gasteiger partial charge in [0, 0.05) is 24.8 Å². The summed E-state index contributed by atoms with van der Waals surface area (Å²) in [4.78, 5) is 16.4. The number of piperidine rings is 1. The summed E-state index contributed by atoms with van der Waals surface area (Å²) in [6.07, 6.45) is 2.16. The van der Waals surface area contributed by atoms with Crippen molar-refractivity contribution in [2.24, 2.45) is 5.73 Å². The summed E-state index contributed by atoms with van der Waals surface area (Å²) in [6.45, 7) is 4.98. The standard InChI is InChI=1S/C15H23N3O.ClH/c1-2-18(14-8-4-3-5-9-14)15(19)12-17-10-6-7-13(16)11-17;/h3-5,8-9,13H,2,6-7,10-12,16H2,1H3;1H/t13-;/m1./s1. The topological polar surface area (TPSA) is 49.6 Å². The smallest absolute Gasteiger partial charge is 0.241 e. The molecule has 1 heterocycles. The van der Waals surface area contributed by atoms with Gasteiger partial charge in [-0.25, -0.2) is 0 Å². The van der Waals surface area contributed by atoms with E-state index in [-0.39, 0.29) is 24.4 Å². The molecule has 1 aromatic rings. The summed E-state index contributed by atoms with van der Waals surface area (Å²) in [5, 5.41) is 0. The number of benzene rings is 1. The minimum Gasteiger partial charge on any atom is -0.327 e. The first-order valence-corrected chi connectivity index (χ1v) is 7.04. The molecule has 1 aliphatic rings. The third-order valence-corrected chi connectivity index (χ3v) is 3.59. The molecule has 0 radical (unpaired) electrons. The van der Waals surface area contributed by atoms with E-state index in [4.69, 9.17) is 5.73 Å². The Labute approximate surface area is 127 Å². The SMILES string of the molecule is CCN(C(=O)CN1CCC[C@@H](N)C1)c1ccccc1.Cl. The van der Waals surface area contributed by atoms with E-state index in [0.717, 1.165) is 31.6 Å². The lowest BCUT2D eigenvalue weighted by molar-refractivity contribution is -0.120. The van der Waals surface area contributed by atoms with E-state index in [2.05, 4.69) is 4.90 Å². The number of anilines is 1.